The highest BCUT2D eigenvalue weighted by molar-refractivity contribution is 6.29. The molecule has 0 N–H and O–H groups in total. The summed E-state index contributed by atoms with van der Waals surface area (Å²) < 4.78 is 793. The monoisotopic (exact) mass is 1930 g/mol. The first-order valence-corrected chi connectivity index (χ1v) is 43.0. The van der Waals surface area contributed by atoms with Crippen LogP contribution in [0.25, 0.3) is 306 Å². The maximum absolute atomic E-state index is 9.83. The van der Waals surface area contributed by atoms with Crippen LogP contribution in [-0.2, 0) is 0 Å². The number of benzene rings is 28. The first-order chi connectivity index (χ1) is 108. The lowest BCUT2D eigenvalue weighted by Gasteiger charge is -2.19. The van der Waals surface area contributed by atoms with Crippen LogP contribution < -0.4 is 0 Å². The zero-order valence-corrected chi connectivity index (χ0v) is 72.2. The Hall–Kier alpha value is -19.1. The predicted molar refractivity (Wildman–Crippen MR) is 618 cm³/mol. The summed E-state index contributed by atoms with van der Waals surface area (Å²) in [5, 5.41) is -19.5. The average Bonchev–Trinajstić information content (AvgIpc) is 1.43. The van der Waals surface area contributed by atoms with E-state index in [-0.39, 0.29) is 0 Å². The largest absolute Gasteiger partial charge is 0.456 e. The van der Waals surface area contributed by atoms with Gasteiger partial charge in [-0.2, -0.15) is 0 Å². The van der Waals surface area contributed by atoms with Crippen molar-refractivity contribution in [3.05, 3.63) is 520 Å². The molecule has 0 unspecified atom stereocenters. The maximum Gasteiger partial charge on any atom is 0.136 e. The van der Waals surface area contributed by atoms with Gasteiger partial charge in [-0.05, 0) is 325 Å². The minimum absolute atomic E-state index is 0.420. The molecule has 672 valence electrons. The maximum atomic E-state index is 9.83. The van der Waals surface area contributed by atoms with Gasteiger partial charge in [0.15, 0.2) is 0 Å². The molecule has 0 spiro atoms. The molecule has 0 radical (unpaired) electrons. The lowest BCUT2D eigenvalue weighted by molar-refractivity contribution is 0.669. The molecule has 3 nitrogen and oxygen atoms in total. The Balaban J connectivity index is 0.000000145. The van der Waals surface area contributed by atoms with Crippen molar-refractivity contribution in [1.82, 2.24) is 0 Å². The SMILES string of the molecule is [2H]c1c([2H])c(-c2c3c([2H])c([2H])c([2H])c([2H])c3c(-c3c([2H])c([2H])c([2H])c4c([2H])c([2H])c([2H])c([2H])c34)c3c([2H])c([2H])c([2H])c([2H])c23)c([2H])c([2H])c1-c1c([2H])c([2H])c2oc3c([2H])c4c([2H])c([2H])c([2H])c([2H])c4c([2H])c3c2c1[2H].[2H]c1c([2H])c(-c2c3c([2H])c([2H])c([2H])c([2H])c3c(-c3c([2H])c([2H])c4c([2H])c([2H])c([2H])c([2H])c4c3[2H])c3c([2H])c([2H])c([2H])c([2H])c23)c([2H])c([2H])c1-c1c([2H])c([2H])c2oc3c([2H])c4c([2H])c([2H])c([2H])c([2H])c4c([2H])c3c2c1[2H].[2H]c1c([2H])c(-c2c3c([2H])c([2H])c([2H])c([2H])c3c(-c3c([2H])c4c([2H])c([2H])c([2H])c([2H])c4c4c([2H])c([2H])c([2H])c([2H])c34)c3c([2H])c([2H])c([2H])c([2H])c23)c([2H])c([2H])c1-c1c([2H])c([2H])c2oc3c([2H])c4c([2H])c([2H])c([2H])c([2H])c4c([2H])c3c2c1[2H]. The fraction of sp³-hybridized carbons (Fsp3) is 0. The molecular formula is C142H86O3. The molecule has 3 heterocycles. The summed E-state index contributed by atoms with van der Waals surface area (Å²) in [7, 11) is 0. The Morgan fingerprint density at radius 3 is 0.697 bits per heavy atom. The highest BCUT2D eigenvalue weighted by Gasteiger charge is 2.25. The van der Waals surface area contributed by atoms with Gasteiger partial charge >= 0.3 is 0 Å². The van der Waals surface area contributed by atoms with Gasteiger partial charge in [0.25, 0.3) is 0 Å². The molecular weight excluding hydrogens is 1750 g/mol. The van der Waals surface area contributed by atoms with Crippen LogP contribution in [0, 0.1) is 0 Å². The van der Waals surface area contributed by atoms with Crippen molar-refractivity contribution >= 4 is 206 Å². The van der Waals surface area contributed by atoms with E-state index in [1.54, 1.807) is 0 Å². The minimum atomic E-state index is -1.14. The molecule has 3 heteroatoms. The Labute approximate surface area is 955 Å². The Bertz CT molecular complexity index is 16200. The van der Waals surface area contributed by atoms with Crippen molar-refractivity contribution in [3.63, 3.8) is 0 Å². The van der Waals surface area contributed by atoms with Crippen LogP contribution in [0.2, 0.25) is 0 Å². The molecule has 0 saturated carbocycles. The Kier molecular flexibility index (Phi) is 7.98. The molecule has 3 aromatic heterocycles. The van der Waals surface area contributed by atoms with Gasteiger partial charge in [-0.3, -0.25) is 0 Å². The van der Waals surface area contributed by atoms with Crippen LogP contribution in [0.5, 0.6) is 0 Å². The van der Waals surface area contributed by atoms with Crippen LogP contribution >= 0.6 is 0 Å². The molecule has 0 amide bonds. The van der Waals surface area contributed by atoms with E-state index in [9.17, 15) is 45.2 Å². The minimum Gasteiger partial charge on any atom is -0.456 e. The molecule has 31 aromatic rings. The van der Waals surface area contributed by atoms with Crippen molar-refractivity contribution in [2.75, 3.05) is 0 Å². The van der Waals surface area contributed by atoms with E-state index in [0.717, 1.165) is 0 Å². The van der Waals surface area contributed by atoms with Crippen molar-refractivity contribution in [1.29, 1.82) is 0 Å². The van der Waals surface area contributed by atoms with E-state index in [1.807, 2.05) is 0 Å². The number of furan rings is 3. The molecule has 31 rings (SSSR count). The second-order valence-electron chi connectivity index (χ2n) is 31.8. The summed E-state index contributed by atoms with van der Waals surface area (Å²) in [6.07, 6.45) is 0. The fourth-order valence-corrected chi connectivity index (χ4v) is 17.6. The summed E-state index contributed by atoms with van der Waals surface area (Å²) in [5.74, 6) is 0. The van der Waals surface area contributed by atoms with Gasteiger partial charge in [0.2, 0.25) is 0 Å². The smallest absolute Gasteiger partial charge is 0.136 e. The summed E-state index contributed by atoms with van der Waals surface area (Å²) in [6, 6.07) is -78.7. The molecule has 0 atom stereocenters. The van der Waals surface area contributed by atoms with E-state index in [4.69, 9.17) is 85.9 Å². The Morgan fingerprint density at radius 1 is 0.103 bits per heavy atom. The number of fused-ring (bicyclic) bond motifs is 23. The van der Waals surface area contributed by atoms with Gasteiger partial charge in [-0.1, -0.05) is 435 Å². The molecule has 0 aliphatic carbocycles. The number of rotatable bonds is 9. The molecule has 28 aromatic carbocycles. The van der Waals surface area contributed by atoms with Gasteiger partial charge in [0.05, 0.1) is 118 Å². The van der Waals surface area contributed by atoms with Crippen molar-refractivity contribution in [2.24, 2.45) is 0 Å². The highest BCUT2D eigenvalue weighted by Crippen LogP contribution is 2.52. The number of hydrogen-bond donors (Lipinski definition) is 0. The molecule has 145 heavy (non-hydrogen) atoms. The van der Waals surface area contributed by atoms with Gasteiger partial charge < -0.3 is 13.3 Å². The lowest BCUT2D eigenvalue weighted by atomic mass is 9.83. The predicted octanol–water partition coefficient (Wildman–Crippen LogP) is 40.8. The highest BCUT2D eigenvalue weighted by atomic mass is 16.3. The summed E-state index contributed by atoms with van der Waals surface area (Å²) in [6.45, 7) is 0. The third-order valence-corrected chi connectivity index (χ3v) is 23.8. The van der Waals surface area contributed by atoms with Gasteiger partial charge in [-0.25, -0.2) is 0 Å². The van der Waals surface area contributed by atoms with E-state index in [1.165, 1.54) is 0 Å². The van der Waals surface area contributed by atoms with Crippen LogP contribution in [-0.4, -0.2) is 0 Å². The van der Waals surface area contributed by atoms with Crippen molar-refractivity contribution in [3.8, 4) is 100 Å². The summed E-state index contributed by atoms with van der Waals surface area (Å²) in [4.78, 5) is 0. The van der Waals surface area contributed by atoms with E-state index < -0.39 is 826 Å². The fourth-order valence-electron chi connectivity index (χ4n) is 17.6. The van der Waals surface area contributed by atoms with Crippen LogP contribution in [0.4, 0.5) is 0 Å². The molecule has 0 saturated heterocycles. The molecule has 0 bridgehead atoms. The van der Waals surface area contributed by atoms with E-state index in [0.29, 0.717) is 0 Å². The third kappa shape index (κ3) is 13.9. The molecule has 0 fully saturated rings. The first kappa shape index (κ1) is 34.1. The quantitative estimate of drug-likeness (QED) is 0.107. The molecule has 0 aliphatic rings. The van der Waals surface area contributed by atoms with Crippen LogP contribution in [0.15, 0.2) is 533 Å². The topological polar surface area (TPSA) is 39.4 Å². The average molecular weight is 1930 g/mol. The standard InChI is InChI=1S/C50H30O.2C46H28O/c1-2-12-34-30-48-45(27-33(34)11-1)44-28-35(25-26-47(44)51-48)31-21-23-32(24-22-31)49-40-17-7-9-19-42(40)50(43-20-10-8-18-41(43)49)46-29-36-13-3-4-14-37(36)38-15-5-6-16-39(38)46;1-2-12-33-28-44-42(26-32(33)11-1)41-27-34(24-25-43(41)47-44)29-20-22-31(23-21-29)45-37-15-5-7-17-39(37)46(40-18-8-6-16-38(40)45)36-19-9-13-30-10-3-4-14-35(30)36;1-2-10-32-25-36(22-19-29(32)9-1)46-39-15-7-5-13-37(39)45(38-14-6-8-16-40(38)46)31-20-17-30(18-21-31)35-23-24-43-41(27-35)42-26-33-11-3-4-12-34(33)28-44(42)47-43/h1-30H;2*1-28H/i1D,2D,3D,4D,5D,6D,7D,8D,9D,10D,11D,12D,13D,14D,15D,16D,17D,18D,19D,20D,21D,22D,23D,24D,25D,26D,27D,28D,29D,30D;2*1D,2D,3D,4D,5D,6D,7D,8D,9D,10D,11D,12D,13D,14D,15D,16D,17D,18D,19D,20D,21D,22D,23D,24D,25D,26D,27D,28D. The first-order valence-electron chi connectivity index (χ1n) is 86.0. The normalized spacial score (nSPS) is 20.2. The van der Waals surface area contributed by atoms with Gasteiger partial charge in [0, 0.05) is 32.3 Å². The van der Waals surface area contributed by atoms with Crippen LogP contribution in [0.3, 0.4) is 0 Å². The zero-order valence-electron chi connectivity index (χ0n) is 158. The second-order valence-corrected chi connectivity index (χ2v) is 31.8. The van der Waals surface area contributed by atoms with Crippen molar-refractivity contribution in [2.45, 2.75) is 0 Å². The third-order valence-electron chi connectivity index (χ3n) is 23.8. The summed E-state index contributed by atoms with van der Waals surface area (Å²) in [5.41, 5.74) is -17.5. The van der Waals surface area contributed by atoms with Gasteiger partial charge in [0.1, 0.15) is 33.5 Å². The number of hydrogen-bond acceptors (Lipinski definition) is 3. The summed E-state index contributed by atoms with van der Waals surface area (Å²) >= 11 is 0. The van der Waals surface area contributed by atoms with E-state index >= 15 is 0 Å². The Morgan fingerprint density at radius 2 is 0.338 bits per heavy atom. The van der Waals surface area contributed by atoms with Gasteiger partial charge in [-0.15, -0.1) is 0 Å². The lowest BCUT2D eigenvalue weighted by Crippen LogP contribution is -1.92. The zero-order chi connectivity index (χ0) is 170. The van der Waals surface area contributed by atoms with Crippen LogP contribution in [0.1, 0.15) is 118 Å². The molecule has 0 aliphatic heterocycles. The van der Waals surface area contributed by atoms with E-state index in [2.05, 4.69) is 0 Å². The second kappa shape index (κ2) is 33.9. The van der Waals surface area contributed by atoms with Crippen molar-refractivity contribution < 1.29 is 131 Å².